The molecular formula is C16H19NO3. The zero-order valence-electron chi connectivity index (χ0n) is 11.7. The second-order valence-corrected chi connectivity index (χ2v) is 4.32. The minimum atomic E-state index is 0.272. The van der Waals surface area contributed by atoms with Crippen LogP contribution >= 0.6 is 0 Å². The summed E-state index contributed by atoms with van der Waals surface area (Å²) in [6, 6.07) is 12.9. The first-order chi connectivity index (χ1) is 9.72. The van der Waals surface area contributed by atoms with Crippen molar-refractivity contribution in [3.8, 4) is 17.2 Å². The van der Waals surface area contributed by atoms with E-state index in [4.69, 9.17) is 9.47 Å². The van der Waals surface area contributed by atoms with Crippen molar-refractivity contribution in [1.29, 1.82) is 0 Å². The van der Waals surface area contributed by atoms with Gasteiger partial charge in [0.05, 0.1) is 13.7 Å². The Morgan fingerprint density at radius 3 is 2.65 bits per heavy atom. The molecule has 0 amide bonds. The van der Waals surface area contributed by atoms with Crippen LogP contribution in [0.15, 0.2) is 42.5 Å². The van der Waals surface area contributed by atoms with Crippen LogP contribution in [0.5, 0.6) is 17.2 Å². The molecule has 2 aromatic rings. The summed E-state index contributed by atoms with van der Waals surface area (Å²) in [6.45, 7) is 3.16. The zero-order valence-corrected chi connectivity index (χ0v) is 11.7. The summed E-state index contributed by atoms with van der Waals surface area (Å²) in [4.78, 5) is 0. The number of aromatic hydroxyl groups is 1. The van der Waals surface area contributed by atoms with Gasteiger partial charge < -0.3 is 19.9 Å². The highest BCUT2D eigenvalue weighted by molar-refractivity contribution is 5.55. The van der Waals surface area contributed by atoms with E-state index in [2.05, 4.69) is 5.32 Å². The second kappa shape index (κ2) is 6.70. The first kappa shape index (κ1) is 14.1. The van der Waals surface area contributed by atoms with Crippen molar-refractivity contribution in [2.75, 3.05) is 19.0 Å². The molecule has 0 aromatic heterocycles. The Morgan fingerprint density at radius 1 is 1.10 bits per heavy atom. The Hall–Kier alpha value is -2.36. The highest BCUT2D eigenvalue weighted by Crippen LogP contribution is 2.30. The fourth-order valence-corrected chi connectivity index (χ4v) is 1.93. The van der Waals surface area contributed by atoms with Crippen LogP contribution in [-0.2, 0) is 6.54 Å². The van der Waals surface area contributed by atoms with Crippen molar-refractivity contribution in [1.82, 2.24) is 0 Å². The Kier molecular flexibility index (Phi) is 4.71. The van der Waals surface area contributed by atoms with E-state index in [-0.39, 0.29) is 5.75 Å². The van der Waals surface area contributed by atoms with E-state index in [0.717, 1.165) is 22.7 Å². The first-order valence-electron chi connectivity index (χ1n) is 6.55. The standard InChI is InChI=1S/C16H19NO3/c1-3-20-16-10-13(7-8-15(16)19-2)17-11-12-5-4-6-14(18)9-12/h4-10,17-18H,3,11H2,1-2H3. The summed E-state index contributed by atoms with van der Waals surface area (Å²) in [7, 11) is 1.62. The average Bonchev–Trinajstić information content (AvgIpc) is 2.46. The van der Waals surface area contributed by atoms with Crippen molar-refractivity contribution >= 4 is 5.69 Å². The number of anilines is 1. The van der Waals surface area contributed by atoms with Gasteiger partial charge in [0.2, 0.25) is 0 Å². The minimum absolute atomic E-state index is 0.272. The lowest BCUT2D eigenvalue weighted by Gasteiger charge is -2.12. The number of benzene rings is 2. The van der Waals surface area contributed by atoms with Gasteiger partial charge in [-0.3, -0.25) is 0 Å². The number of methoxy groups -OCH3 is 1. The van der Waals surface area contributed by atoms with E-state index in [0.29, 0.717) is 13.2 Å². The number of ether oxygens (including phenoxy) is 2. The predicted octanol–water partition coefficient (Wildman–Crippen LogP) is 3.41. The van der Waals surface area contributed by atoms with Crippen molar-refractivity contribution in [2.24, 2.45) is 0 Å². The number of hydrogen-bond acceptors (Lipinski definition) is 4. The van der Waals surface area contributed by atoms with E-state index < -0.39 is 0 Å². The first-order valence-corrected chi connectivity index (χ1v) is 6.55. The molecule has 2 N–H and O–H groups in total. The summed E-state index contributed by atoms with van der Waals surface area (Å²) in [5, 5.41) is 12.7. The van der Waals surface area contributed by atoms with Crippen molar-refractivity contribution < 1.29 is 14.6 Å². The normalized spacial score (nSPS) is 10.1. The molecule has 0 aliphatic carbocycles. The summed E-state index contributed by atoms with van der Waals surface area (Å²) in [5.74, 6) is 1.71. The molecule has 2 rings (SSSR count). The number of nitrogens with one attached hydrogen (secondary N) is 1. The summed E-state index contributed by atoms with van der Waals surface area (Å²) in [6.07, 6.45) is 0. The Morgan fingerprint density at radius 2 is 1.95 bits per heavy atom. The molecule has 106 valence electrons. The fraction of sp³-hybridized carbons (Fsp3) is 0.250. The molecule has 20 heavy (non-hydrogen) atoms. The number of hydrogen-bond donors (Lipinski definition) is 2. The van der Waals surface area contributed by atoms with E-state index >= 15 is 0 Å². The lowest BCUT2D eigenvalue weighted by molar-refractivity contribution is 0.311. The molecule has 0 aliphatic heterocycles. The molecular weight excluding hydrogens is 254 g/mol. The van der Waals surface area contributed by atoms with Crippen LogP contribution in [0.25, 0.3) is 0 Å². The second-order valence-electron chi connectivity index (χ2n) is 4.32. The molecule has 0 fully saturated rings. The largest absolute Gasteiger partial charge is 0.508 e. The average molecular weight is 273 g/mol. The van der Waals surface area contributed by atoms with Gasteiger partial charge in [0, 0.05) is 18.3 Å². The molecule has 2 aromatic carbocycles. The van der Waals surface area contributed by atoms with E-state index in [1.807, 2.05) is 37.3 Å². The van der Waals surface area contributed by atoms with Crippen molar-refractivity contribution in [2.45, 2.75) is 13.5 Å². The van der Waals surface area contributed by atoms with Crippen molar-refractivity contribution in [3.05, 3.63) is 48.0 Å². The van der Waals surface area contributed by atoms with E-state index in [9.17, 15) is 5.11 Å². The molecule has 0 saturated carbocycles. The third-order valence-electron chi connectivity index (χ3n) is 2.87. The van der Waals surface area contributed by atoms with Gasteiger partial charge in [-0.15, -0.1) is 0 Å². The molecule has 0 radical (unpaired) electrons. The zero-order chi connectivity index (χ0) is 14.4. The molecule has 4 heteroatoms. The van der Waals surface area contributed by atoms with Gasteiger partial charge in [-0.2, -0.15) is 0 Å². The topological polar surface area (TPSA) is 50.7 Å². The van der Waals surface area contributed by atoms with Gasteiger partial charge in [0.25, 0.3) is 0 Å². The van der Waals surface area contributed by atoms with Gasteiger partial charge in [-0.1, -0.05) is 12.1 Å². The lowest BCUT2D eigenvalue weighted by atomic mass is 10.2. The van der Waals surface area contributed by atoms with E-state index in [1.54, 1.807) is 19.2 Å². The Bertz CT molecular complexity index is 569. The van der Waals surface area contributed by atoms with Crippen LogP contribution in [0.4, 0.5) is 5.69 Å². The van der Waals surface area contributed by atoms with Crippen LogP contribution in [0.2, 0.25) is 0 Å². The molecule has 0 saturated heterocycles. The minimum Gasteiger partial charge on any atom is -0.508 e. The molecule has 0 spiro atoms. The number of phenols is 1. The van der Waals surface area contributed by atoms with Gasteiger partial charge >= 0.3 is 0 Å². The molecule has 0 unspecified atom stereocenters. The number of phenolic OH excluding ortho intramolecular Hbond substituents is 1. The van der Waals surface area contributed by atoms with Crippen LogP contribution < -0.4 is 14.8 Å². The van der Waals surface area contributed by atoms with Crippen molar-refractivity contribution in [3.63, 3.8) is 0 Å². The highest BCUT2D eigenvalue weighted by atomic mass is 16.5. The maximum absolute atomic E-state index is 9.43. The molecule has 0 atom stereocenters. The summed E-state index contributed by atoms with van der Waals surface area (Å²) >= 11 is 0. The van der Waals surface area contributed by atoms with Gasteiger partial charge in [0.15, 0.2) is 11.5 Å². The SMILES string of the molecule is CCOc1cc(NCc2cccc(O)c2)ccc1OC. The molecule has 0 heterocycles. The number of rotatable bonds is 6. The van der Waals surface area contributed by atoms with Crippen LogP contribution in [0, 0.1) is 0 Å². The van der Waals surface area contributed by atoms with Gasteiger partial charge in [0.1, 0.15) is 5.75 Å². The van der Waals surface area contributed by atoms with E-state index in [1.165, 1.54) is 0 Å². The maximum atomic E-state index is 9.43. The molecule has 0 bridgehead atoms. The fourth-order valence-electron chi connectivity index (χ4n) is 1.93. The van der Waals surface area contributed by atoms with Gasteiger partial charge in [-0.25, -0.2) is 0 Å². The van der Waals surface area contributed by atoms with Crippen LogP contribution in [0.3, 0.4) is 0 Å². The molecule has 4 nitrogen and oxygen atoms in total. The third-order valence-corrected chi connectivity index (χ3v) is 2.87. The Balaban J connectivity index is 2.07. The lowest BCUT2D eigenvalue weighted by Crippen LogP contribution is -2.01. The monoisotopic (exact) mass is 273 g/mol. The van der Waals surface area contributed by atoms with Gasteiger partial charge in [-0.05, 0) is 36.8 Å². The third kappa shape index (κ3) is 3.57. The highest BCUT2D eigenvalue weighted by Gasteiger charge is 2.05. The van der Waals surface area contributed by atoms with Crippen LogP contribution in [-0.4, -0.2) is 18.8 Å². The predicted molar refractivity (Wildman–Crippen MR) is 79.6 cm³/mol. The molecule has 0 aliphatic rings. The quantitative estimate of drug-likeness (QED) is 0.846. The smallest absolute Gasteiger partial charge is 0.163 e. The summed E-state index contributed by atoms with van der Waals surface area (Å²) < 4.78 is 10.8. The maximum Gasteiger partial charge on any atom is 0.163 e. The Labute approximate surface area is 119 Å². The van der Waals surface area contributed by atoms with Crippen LogP contribution in [0.1, 0.15) is 12.5 Å². The summed E-state index contributed by atoms with van der Waals surface area (Å²) in [5.41, 5.74) is 1.95.